The van der Waals surface area contributed by atoms with E-state index < -0.39 is 80.7 Å². The molecule has 1 amide bonds. The van der Waals surface area contributed by atoms with E-state index in [2.05, 4.69) is 19.2 Å². The fourth-order valence-electron chi connectivity index (χ4n) is 8.23. The molecular formula is C48H89MoNO12. The summed E-state index contributed by atoms with van der Waals surface area (Å²) in [6.07, 6.45) is 23.2. The molecule has 2 rings (SSSR count). The number of nitrogens with one attached hydrogen (secondary N) is 1. The second-order valence-corrected chi connectivity index (χ2v) is 18.9. The molecule has 0 saturated carbocycles. The minimum Gasteiger partial charge on any atom is -0.275 e. The molecule has 0 aliphatic carbocycles. The Morgan fingerprint density at radius 3 is 1.58 bits per heavy atom. The molecule has 8 N–H and O–H groups in total. The zero-order valence-electron chi connectivity index (χ0n) is 38.5. The van der Waals surface area contributed by atoms with Crippen LogP contribution in [0.15, 0.2) is 12.2 Å². The molecule has 14 heteroatoms. The van der Waals surface area contributed by atoms with Crippen LogP contribution in [0.1, 0.15) is 194 Å². The first kappa shape index (κ1) is 57.5. The van der Waals surface area contributed by atoms with Crippen molar-refractivity contribution in [2.75, 3.05) is 19.8 Å². The van der Waals surface area contributed by atoms with Gasteiger partial charge in [-0.3, -0.25) is 4.79 Å². The van der Waals surface area contributed by atoms with E-state index in [1.807, 2.05) is 6.08 Å². The summed E-state index contributed by atoms with van der Waals surface area (Å²) in [6.45, 7) is 3.01. The first-order valence-electron chi connectivity index (χ1n) is 24.8. The quantitative estimate of drug-likeness (QED) is 0.0194. The van der Waals surface area contributed by atoms with Gasteiger partial charge in [0.2, 0.25) is 5.91 Å². The number of unbranched alkanes of at least 4 members (excludes halogenated alkanes) is 25. The second-order valence-electron chi connectivity index (χ2n) is 17.8. The zero-order valence-corrected chi connectivity index (χ0v) is 40.5. The van der Waals surface area contributed by atoms with Gasteiger partial charge in [0.1, 0.15) is 0 Å². The van der Waals surface area contributed by atoms with Gasteiger partial charge in [-0.2, -0.15) is 0 Å². The van der Waals surface area contributed by atoms with Crippen LogP contribution in [-0.4, -0.2) is 133 Å². The van der Waals surface area contributed by atoms with Crippen LogP contribution in [0.3, 0.4) is 0 Å². The number of rotatable bonds is 38. The van der Waals surface area contributed by atoms with Gasteiger partial charge in [-0.25, -0.2) is 0 Å². The van der Waals surface area contributed by atoms with Gasteiger partial charge < -0.3 is 5.11 Å². The van der Waals surface area contributed by atoms with Gasteiger partial charge in [-0.1, -0.05) is 180 Å². The number of carbonyl (C=O) groups is 1. The topological polar surface area (TPSA) is 208 Å². The van der Waals surface area contributed by atoms with Crippen LogP contribution in [-0.2, 0) is 43.1 Å². The number of hydrogen-bond acceptors (Lipinski definition) is 12. The molecule has 2 fully saturated rings. The number of aliphatic hydroxyl groups is 7. The number of aliphatic hydroxyl groups excluding tert-OH is 7. The molecule has 2 unspecified atom stereocenters. The van der Waals surface area contributed by atoms with E-state index in [0.717, 1.165) is 44.9 Å². The molecule has 0 aromatic heterocycles. The third-order valence-electron chi connectivity index (χ3n) is 12.3. The summed E-state index contributed by atoms with van der Waals surface area (Å²) in [5, 5.41) is 77.1. The number of amides is 1. The standard InChI is InChI=1S/C48H89NO12.Mo/c1-3-5-7-9-11-13-15-17-18-20-22-24-26-28-30-32-43(55)49-37(38(52)31-29-27-25-23-21-19-16-14-12-10-8-6-4-2)36-58-48-45(57)44(56)46(42(35-51)60-48)61-47-40(54)33-39(53)41(34-50)59-47;/h29,31,37-42,44-48,50-54,56-57H,3-28,30,32,34-36H2,1-2H3,(H,49,55);/b31-29+;/t37-,38+,39+,40+,41+,42+,44+,45+,46+,47?,48?;/m0./s1. The molecule has 364 valence electrons. The van der Waals surface area contributed by atoms with Gasteiger partial charge in [-0.05, 0) is 19.3 Å². The van der Waals surface area contributed by atoms with Crippen molar-refractivity contribution in [1.29, 1.82) is 0 Å². The van der Waals surface area contributed by atoms with Crippen LogP contribution in [0.2, 0.25) is 0 Å². The van der Waals surface area contributed by atoms with Gasteiger partial charge in [-0.15, -0.1) is 0 Å². The molecule has 13 nitrogen and oxygen atoms in total. The fraction of sp³-hybridized carbons (Fsp3) is 0.917. The molecule has 11 atom stereocenters. The summed E-state index contributed by atoms with van der Waals surface area (Å²) >= 11 is 1.39. The first-order valence-corrected chi connectivity index (χ1v) is 25.8. The molecule has 2 aliphatic heterocycles. The van der Waals surface area contributed by atoms with Crippen LogP contribution in [0, 0.1) is 0 Å². The van der Waals surface area contributed by atoms with Crippen LogP contribution < -0.4 is 5.32 Å². The minimum absolute atomic E-state index is 0.198. The van der Waals surface area contributed by atoms with Crippen molar-refractivity contribution in [3.05, 3.63) is 12.2 Å². The maximum absolute atomic E-state index is 13.2. The Labute approximate surface area is 385 Å². The van der Waals surface area contributed by atoms with Gasteiger partial charge >= 0.3 is 165 Å². The first-order chi connectivity index (χ1) is 30.1. The smallest absolute Gasteiger partial charge is 0.275 e. The molecule has 2 heterocycles. The summed E-state index contributed by atoms with van der Waals surface area (Å²) in [4.78, 5) is 13.2. The predicted octanol–water partition coefficient (Wildman–Crippen LogP) is 6.35. The Hall–Kier alpha value is -0.672. The van der Waals surface area contributed by atoms with Crippen molar-refractivity contribution in [2.45, 2.75) is 261 Å². The monoisotopic (exact) mass is 970 g/mol. The molecular weight excluding hydrogens is 878 g/mol. The van der Waals surface area contributed by atoms with Crippen LogP contribution in [0.4, 0.5) is 0 Å². The van der Waals surface area contributed by atoms with Crippen LogP contribution in [0.5, 0.6) is 0 Å². The number of allylic oxidation sites excluding steroid dienone is 1. The van der Waals surface area contributed by atoms with E-state index in [0.29, 0.717) is 6.42 Å². The molecule has 62 heavy (non-hydrogen) atoms. The molecule has 2 aliphatic rings. The normalized spacial score (nSPS) is 26.6. The van der Waals surface area contributed by atoms with E-state index in [1.165, 1.54) is 148 Å². The summed E-state index contributed by atoms with van der Waals surface area (Å²) in [5.41, 5.74) is 0. The van der Waals surface area contributed by atoms with Gasteiger partial charge in [0, 0.05) is 6.42 Å². The Morgan fingerprint density at radius 1 is 0.645 bits per heavy atom. The summed E-state index contributed by atoms with van der Waals surface area (Å²) in [6, 6.07) is -0.881. The van der Waals surface area contributed by atoms with Crippen LogP contribution in [0.25, 0.3) is 0 Å². The van der Waals surface area contributed by atoms with Crippen molar-refractivity contribution in [3.8, 4) is 0 Å². The third kappa shape index (κ3) is 23.7. The number of ether oxygens (including phenoxy) is 4. The third-order valence-corrected chi connectivity index (χ3v) is 13.5. The van der Waals surface area contributed by atoms with E-state index in [4.69, 9.17) is 18.9 Å². The summed E-state index contributed by atoms with van der Waals surface area (Å²) < 4.78 is 23.2. The Bertz CT molecular complexity index is 1150. The molecule has 0 spiro atoms. The summed E-state index contributed by atoms with van der Waals surface area (Å²) in [5.74, 6) is -0.220. The maximum atomic E-state index is 13.2. The van der Waals surface area contributed by atoms with E-state index in [1.54, 1.807) is 6.08 Å². The number of carbonyl (C=O) groups excluding carboxylic acids is 1. The van der Waals surface area contributed by atoms with Crippen molar-refractivity contribution in [3.63, 3.8) is 0 Å². The molecule has 2 saturated heterocycles. The molecule has 0 bridgehead atoms. The van der Waals surface area contributed by atoms with E-state index in [-0.39, 0.29) is 16.4 Å². The summed E-state index contributed by atoms with van der Waals surface area (Å²) in [7, 11) is 0. The average molecular weight is 968 g/mol. The van der Waals surface area contributed by atoms with Gasteiger partial charge in [0.05, 0.1) is 0 Å². The van der Waals surface area contributed by atoms with E-state index >= 15 is 0 Å². The predicted molar refractivity (Wildman–Crippen MR) is 239 cm³/mol. The zero-order chi connectivity index (χ0) is 45.4. The Balaban J connectivity index is 1.86. The number of hydrogen-bond donors (Lipinski definition) is 8. The average Bonchev–Trinajstić information content (AvgIpc) is 3.27. The molecule has 0 radical (unpaired) electrons. The van der Waals surface area contributed by atoms with Crippen molar-refractivity contribution in [2.24, 2.45) is 0 Å². The molecule has 0 aromatic rings. The fourth-order valence-corrected chi connectivity index (χ4v) is 8.88. The second kappa shape index (κ2) is 36.4. The van der Waals surface area contributed by atoms with Crippen molar-refractivity contribution >= 4 is 9.81 Å². The Kier molecular flexibility index (Phi) is 33.8. The van der Waals surface area contributed by atoms with Gasteiger partial charge in [0.25, 0.3) is 0 Å². The van der Waals surface area contributed by atoms with Crippen molar-refractivity contribution < 1.29 is 78.8 Å². The minimum atomic E-state index is -1.68. The Morgan fingerprint density at radius 2 is 1.10 bits per heavy atom. The van der Waals surface area contributed by atoms with Crippen molar-refractivity contribution in [1.82, 2.24) is 5.32 Å². The van der Waals surface area contributed by atoms with E-state index in [9.17, 15) is 40.5 Å². The van der Waals surface area contributed by atoms with Crippen LogP contribution >= 0.6 is 0 Å². The SMILES string of the molecule is CCCCCCCCCCCCC/C=C/[C@@H](O)[C@H](COC1O[C@H](CO)[C@@H](OC2O[C@H](CO)[C@H](O)[C](=[Mo])[C@H]2O)[C@H](O)[C@H]1O)NC(=O)CCCCCCCCCCCCCCCCC. The molecule has 0 aromatic carbocycles. The van der Waals surface area contributed by atoms with Gasteiger partial charge in [0.15, 0.2) is 0 Å².